The van der Waals surface area contributed by atoms with Crippen LogP contribution < -0.4 is 5.32 Å². The number of halogens is 1. The van der Waals surface area contributed by atoms with Crippen molar-refractivity contribution in [2.24, 2.45) is 5.92 Å². The van der Waals surface area contributed by atoms with Crippen LogP contribution in [0.3, 0.4) is 0 Å². The van der Waals surface area contributed by atoms with E-state index in [-0.39, 0.29) is 5.91 Å². The molecular weight excluding hydrogens is 174 g/mol. The summed E-state index contributed by atoms with van der Waals surface area (Å²) >= 11 is 5.91. The van der Waals surface area contributed by atoms with Gasteiger partial charge in [0.15, 0.2) is 0 Å². The number of carbonyl (C=O) groups excluding carboxylic acids is 1. The Kier molecular flexibility index (Phi) is 2.93. The Labute approximate surface area is 77.3 Å². The Morgan fingerprint density at radius 3 is 2.92 bits per heavy atom. The first-order chi connectivity index (χ1) is 5.59. The lowest BCUT2D eigenvalue weighted by Gasteiger charge is -2.15. The predicted octanol–water partition coefficient (Wildman–Crippen LogP) is 2.17. The molecule has 3 heteroatoms. The zero-order chi connectivity index (χ0) is 9.14. The highest BCUT2D eigenvalue weighted by molar-refractivity contribution is 6.30. The van der Waals surface area contributed by atoms with E-state index in [1.54, 1.807) is 6.08 Å². The monoisotopic (exact) mass is 185 g/mol. The largest absolute Gasteiger partial charge is 0.327 e. The molecule has 0 radical (unpaired) electrons. The van der Waals surface area contributed by atoms with Gasteiger partial charge in [0.2, 0.25) is 5.91 Å². The lowest BCUT2D eigenvalue weighted by Crippen LogP contribution is -2.19. The van der Waals surface area contributed by atoms with Crippen LogP contribution in [0.25, 0.3) is 0 Å². The Morgan fingerprint density at radius 2 is 2.42 bits per heavy atom. The second-order valence-corrected chi connectivity index (χ2v) is 3.44. The van der Waals surface area contributed by atoms with Gasteiger partial charge in [0.1, 0.15) is 0 Å². The van der Waals surface area contributed by atoms with Gasteiger partial charge in [0.05, 0.1) is 0 Å². The number of hydrogen-bond acceptors (Lipinski definition) is 1. The highest BCUT2D eigenvalue weighted by Crippen LogP contribution is 2.25. The van der Waals surface area contributed by atoms with E-state index in [4.69, 9.17) is 11.6 Å². The zero-order valence-corrected chi connectivity index (χ0v) is 7.98. The molecule has 1 N–H and O–H groups in total. The second kappa shape index (κ2) is 3.76. The molecule has 1 aliphatic rings. The third-order valence-corrected chi connectivity index (χ3v) is 2.26. The van der Waals surface area contributed by atoms with E-state index in [1.807, 2.05) is 6.08 Å². The molecule has 0 aromatic rings. The highest BCUT2D eigenvalue weighted by atomic mass is 35.5. The summed E-state index contributed by atoms with van der Waals surface area (Å²) in [4.78, 5) is 10.7. The van der Waals surface area contributed by atoms with E-state index in [1.165, 1.54) is 6.92 Å². The summed E-state index contributed by atoms with van der Waals surface area (Å²) in [5.41, 5.74) is 0.811. The fourth-order valence-electron chi connectivity index (χ4n) is 1.06. The molecule has 0 saturated heterocycles. The molecule has 1 rings (SSSR count). The molecule has 1 aliphatic carbocycles. The summed E-state index contributed by atoms with van der Waals surface area (Å²) < 4.78 is 0. The normalized spacial score (nSPS) is 22.8. The quantitative estimate of drug-likeness (QED) is 0.667. The average molecular weight is 186 g/mol. The van der Waals surface area contributed by atoms with Crippen molar-refractivity contribution in [3.05, 3.63) is 22.9 Å². The number of hydrogen-bond donors (Lipinski definition) is 1. The van der Waals surface area contributed by atoms with Crippen molar-refractivity contribution in [1.29, 1.82) is 0 Å². The third kappa shape index (κ3) is 2.38. The predicted molar refractivity (Wildman–Crippen MR) is 49.6 cm³/mol. The topological polar surface area (TPSA) is 29.1 Å². The minimum Gasteiger partial charge on any atom is -0.327 e. The molecule has 0 heterocycles. The first kappa shape index (κ1) is 9.33. The van der Waals surface area contributed by atoms with Crippen molar-refractivity contribution in [2.75, 3.05) is 0 Å². The molecule has 0 aromatic carbocycles. The second-order valence-electron chi connectivity index (χ2n) is 3.01. The molecule has 1 atom stereocenters. The van der Waals surface area contributed by atoms with Crippen LogP contribution in [0.15, 0.2) is 22.9 Å². The highest BCUT2D eigenvalue weighted by Gasteiger charge is 2.11. The molecular formula is C9H12ClNO. The number of amides is 1. The van der Waals surface area contributed by atoms with Gasteiger partial charge in [-0.1, -0.05) is 24.6 Å². The van der Waals surface area contributed by atoms with E-state index in [0.717, 1.165) is 17.2 Å². The third-order valence-electron chi connectivity index (χ3n) is 1.78. The maximum Gasteiger partial charge on any atom is 0.221 e. The SMILES string of the molecule is CC(=O)NC1=CC[C@@H](C)C(Cl)=C1. The van der Waals surface area contributed by atoms with Gasteiger partial charge >= 0.3 is 0 Å². The number of allylic oxidation sites excluding steroid dienone is 3. The summed E-state index contributed by atoms with van der Waals surface area (Å²) in [5.74, 6) is 0.320. The molecule has 2 nitrogen and oxygen atoms in total. The lowest BCUT2D eigenvalue weighted by atomic mass is 10.0. The number of carbonyl (C=O) groups is 1. The first-order valence-corrected chi connectivity index (χ1v) is 4.32. The Balaban J connectivity index is 2.65. The summed E-state index contributed by atoms with van der Waals surface area (Å²) in [6.07, 6.45) is 4.68. The Morgan fingerprint density at radius 1 is 1.75 bits per heavy atom. The summed E-state index contributed by atoms with van der Waals surface area (Å²) in [5, 5.41) is 3.50. The molecule has 0 unspecified atom stereocenters. The van der Waals surface area contributed by atoms with Gasteiger partial charge in [0, 0.05) is 17.7 Å². The van der Waals surface area contributed by atoms with Crippen molar-refractivity contribution < 1.29 is 4.79 Å². The van der Waals surface area contributed by atoms with Gasteiger partial charge in [0.25, 0.3) is 0 Å². The van der Waals surface area contributed by atoms with Crippen molar-refractivity contribution in [3.8, 4) is 0 Å². The maximum atomic E-state index is 10.7. The molecule has 0 saturated carbocycles. The maximum absolute atomic E-state index is 10.7. The van der Waals surface area contributed by atoms with Crippen LogP contribution in [0.1, 0.15) is 20.3 Å². The smallest absolute Gasteiger partial charge is 0.221 e. The lowest BCUT2D eigenvalue weighted by molar-refractivity contribution is -0.118. The van der Waals surface area contributed by atoms with Crippen LogP contribution in [0.2, 0.25) is 0 Å². The van der Waals surface area contributed by atoms with E-state index in [2.05, 4.69) is 12.2 Å². The Bertz CT molecular complexity index is 255. The summed E-state index contributed by atoms with van der Waals surface area (Å²) in [6.45, 7) is 3.54. The van der Waals surface area contributed by atoms with Crippen molar-refractivity contribution >= 4 is 17.5 Å². The van der Waals surface area contributed by atoms with Gasteiger partial charge in [-0.25, -0.2) is 0 Å². The van der Waals surface area contributed by atoms with Gasteiger partial charge in [-0.3, -0.25) is 4.79 Å². The minimum atomic E-state index is -0.0588. The van der Waals surface area contributed by atoms with Crippen LogP contribution in [0.4, 0.5) is 0 Å². The van der Waals surface area contributed by atoms with Crippen LogP contribution in [-0.2, 0) is 4.79 Å². The van der Waals surface area contributed by atoms with E-state index in [9.17, 15) is 4.79 Å². The fraction of sp³-hybridized carbons (Fsp3) is 0.444. The van der Waals surface area contributed by atoms with E-state index >= 15 is 0 Å². The van der Waals surface area contributed by atoms with Gasteiger partial charge in [-0.15, -0.1) is 0 Å². The molecule has 0 bridgehead atoms. The van der Waals surface area contributed by atoms with Crippen LogP contribution in [0, 0.1) is 5.92 Å². The molecule has 0 spiro atoms. The molecule has 0 aliphatic heterocycles. The van der Waals surface area contributed by atoms with Crippen molar-refractivity contribution in [1.82, 2.24) is 5.32 Å². The van der Waals surface area contributed by atoms with Crippen molar-refractivity contribution in [2.45, 2.75) is 20.3 Å². The van der Waals surface area contributed by atoms with Gasteiger partial charge in [-0.2, -0.15) is 0 Å². The molecule has 0 aromatic heterocycles. The molecule has 1 amide bonds. The van der Waals surface area contributed by atoms with Gasteiger partial charge in [-0.05, 0) is 18.4 Å². The molecule has 0 fully saturated rings. The van der Waals surface area contributed by atoms with E-state index < -0.39 is 0 Å². The van der Waals surface area contributed by atoms with Crippen LogP contribution in [-0.4, -0.2) is 5.91 Å². The summed E-state index contributed by atoms with van der Waals surface area (Å²) in [6, 6.07) is 0. The number of rotatable bonds is 1. The fourth-order valence-corrected chi connectivity index (χ4v) is 1.26. The number of nitrogens with one attached hydrogen (secondary N) is 1. The van der Waals surface area contributed by atoms with Crippen molar-refractivity contribution in [3.63, 3.8) is 0 Å². The van der Waals surface area contributed by atoms with Crippen LogP contribution >= 0.6 is 11.6 Å². The standard InChI is InChI=1S/C9H12ClNO/c1-6-3-4-8(5-9(6)10)11-7(2)12/h4-6H,3H2,1-2H3,(H,11,12)/t6-/m1/s1. The zero-order valence-electron chi connectivity index (χ0n) is 7.23. The molecule has 66 valence electrons. The molecule has 12 heavy (non-hydrogen) atoms. The van der Waals surface area contributed by atoms with Crippen LogP contribution in [0.5, 0.6) is 0 Å². The minimum absolute atomic E-state index is 0.0588. The Hall–Kier alpha value is -0.760. The first-order valence-electron chi connectivity index (χ1n) is 3.94. The summed E-state index contributed by atoms with van der Waals surface area (Å²) in [7, 11) is 0. The van der Waals surface area contributed by atoms with E-state index in [0.29, 0.717) is 5.92 Å². The van der Waals surface area contributed by atoms with Gasteiger partial charge < -0.3 is 5.32 Å². The average Bonchev–Trinajstić information content (AvgIpc) is 1.96.